The van der Waals surface area contributed by atoms with E-state index in [-0.39, 0.29) is 46.1 Å². The number of rotatable bonds is 3. The Morgan fingerprint density at radius 3 is 2.48 bits per heavy atom. The van der Waals surface area contributed by atoms with Crippen molar-refractivity contribution in [1.82, 2.24) is 0 Å². The molecule has 1 aliphatic heterocycles. The molecule has 1 aliphatic rings. The summed E-state index contributed by atoms with van der Waals surface area (Å²) < 4.78 is 14.7. The standard InChI is InChI=1S/C14H13Cl2NO6/c1-21-13(19)7-5-23-6-17(11(7)14(20)22-2)12-8(15)3-4-9(18)10(12)16/h3-4,18H,5-6H2,1-2H3. The van der Waals surface area contributed by atoms with Crippen LogP contribution in [0.4, 0.5) is 5.69 Å². The number of halogens is 2. The first-order valence-corrected chi connectivity index (χ1v) is 7.10. The lowest BCUT2D eigenvalue weighted by atomic mass is 10.1. The van der Waals surface area contributed by atoms with Crippen molar-refractivity contribution in [3.05, 3.63) is 33.4 Å². The summed E-state index contributed by atoms with van der Waals surface area (Å²) in [6, 6.07) is 2.71. The number of benzene rings is 1. The van der Waals surface area contributed by atoms with Gasteiger partial charge in [0.2, 0.25) is 0 Å². The van der Waals surface area contributed by atoms with Crippen molar-refractivity contribution in [1.29, 1.82) is 0 Å². The fourth-order valence-corrected chi connectivity index (χ4v) is 2.67. The van der Waals surface area contributed by atoms with Gasteiger partial charge in [0, 0.05) is 0 Å². The average Bonchev–Trinajstić information content (AvgIpc) is 2.56. The Bertz CT molecular complexity index is 688. The maximum atomic E-state index is 12.2. The molecule has 0 radical (unpaired) electrons. The number of esters is 2. The summed E-state index contributed by atoms with van der Waals surface area (Å²) in [5.74, 6) is -1.77. The van der Waals surface area contributed by atoms with Gasteiger partial charge < -0.3 is 24.2 Å². The van der Waals surface area contributed by atoms with Crippen LogP contribution in [0.15, 0.2) is 23.4 Å². The Morgan fingerprint density at radius 1 is 1.22 bits per heavy atom. The van der Waals surface area contributed by atoms with E-state index in [0.29, 0.717) is 0 Å². The number of hydrogen-bond donors (Lipinski definition) is 1. The number of hydrogen-bond acceptors (Lipinski definition) is 7. The first-order chi connectivity index (χ1) is 10.9. The summed E-state index contributed by atoms with van der Waals surface area (Å²) in [6.07, 6.45) is 0. The van der Waals surface area contributed by atoms with Crippen molar-refractivity contribution in [2.75, 3.05) is 32.5 Å². The van der Waals surface area contributed by atoms with E-state index in [2.05, 4.69) is 4.74 Å². The number of carbonyl (C=O) groups is 2. The van der Waals surface area contributed by atoms with Crippen molar-refractivity contribution in [2.45, 2.75) is 0 Å². The summed E-state index contributed by atoms with van der Waals surface area (Å²) in [6.45, 7) is -0.254. The van der Waals surface area contributed by atoms with Crippen LogP contribution >= 0.6 is 23.2 Å². The highest BCUT2D eigenvalue weighted by molar-refractivity contribution is 6.40. The lowest BCUT2D eigenvalue weighted by Crippen LogP contribution is -2.39. The molecule has 1 aromatic carbocycles. The highest BCUT2D eigenvalue weighted by atomic mass is 35.5. The summed E-state index contributed by atoms with van der Waals surface area (Å²) in [5, 5.41) is 9.84. The van der Waals surface area contributed by atoms with Gasteiger partial charge in [-0.1, -0.05) is 23.2 Å². The summed E-state index contributed by atoms with van der Waals surface area (Å²) in [5.41, 5.74) is -0.0316. The molecule has 0 fully saturated rings. The zero-order valence-corrected chi connectivity index (χ0v) is 13.8. The molecule has 0 aromatic heterocycles. The van der Waals surface area contributed by atoms with E-state index in [4.69, 9.17) is 32.7 Å². The van der Waals surface area contributed by atoms with Gasteiger partial charge in [0.05, 0.1) is 37.1 Å². The van der Waals surface area contributed by atoms with Crippen molar-refractivity contribution < 1.29 is 28.9 Å². The molecule has 0 unspecified atom stereocenters. The third-order valence-electron chi connectivity index (χ3n) is 3.15. The Hall–Kier alpha value is -1.96. The minimum Gasteiger partial charge on any atom is -0.506 e. The highest BCUT2D eigenvalue weighted by Gasteiger charge is 2.34. The third kappa shape index (κ3) is 3.21. The minimum atomic E-state index is -0.788. The molecule has 124 valence electrons. The molecule has 1 aromatic rings. The van der Waals surface area contributed by atoms with Crippen LogP contribution in [0.25, 0.3) is 0 Å². The van der Waals surface area contributed by atoms with Crippen LogP contribution in [0.2, 0.25) is 10.0 Å². The molecular weight excluding hydrogens is 349 g/mol. The van der Waals surface area contributed by atoms with E-state index in [1.54, 1.807) is 0 Å². The van der Waals surface area contributed by atoms with Gasteiger partial charge in [0.25, 0.3) is 0 Å². The van der Waals surface area contributed by atoms with E-state index in [0.717, 1.165) is 0 Å². The molecule has 7 nitrogen and oxygen atoms in total. The second kappa shape index (κ2) is 7.08. The van der Waals surface area contributed by atoms with Gasteiger partial charge in [0.15, 0.2) is 0 Å². The maximum absolute atomic E-state index is 12.2. The van der Waals surface area contributed by atoms with Crippen LogP contribution in [0.3, 0.4) is 0 Å². The van der Waals surface area contributed by atoms with Gasteiger partial charge in [0.1, 0.15) is 23.2 Å². The molecule has 2 rings (SSSR count). The first-order valence-electron chi connectivity index (χ1n) is 6.34. The van der Waals surface area contributed by atoms with Crippen LogP contribution < -0.4 is 4.90 Å². The fraction of sp³-hybridized carbons (Fsp3) is 0.286. The first kappa shape index (κ1) is 17.4. The van der Waals surface area contributed by atoms with Gasteiger partial charge in [-0.3, -0.25) is 0 Å². The molecule has 9 heteroatoms. The van der Waals surface area contributed by atoms with Gasteiger partial charge in [-0.2, -0.15) is 0 Å². The van der Waals surface area contributed by atoms with E-state index in [1.807, 2.05) is 0 Å². The number of carbonyl (C=O) groups excluding carboxylic acids is 2. The number of aromatic hydroxyl groups is 1. The largest absolute Gasteiger partial charge is 0.506 e. The smallest absolute Gasteiger partial charge is 0.355 e. The number of methoxy groups -OCH3 is 2. The summed E-state index contributed by atoms with van der Waals surface area (Å²) >= 11 is 12.2. The predicted octanol–water partition coefficient (Wildman–Crippen LogP) is 2.09. The molecule has 0 bridgehead atoms. The molecule has 0 atom stereocenters. The van der Waals surface area contributed by atoms with Crippen LogP contribution in [0.1, 0.15) is 0 Å². The van der Waals surface area contributed by atoms with E-state index < -0.39 is 11.9 Å². The Morgan fingerprint density at radius 2 is 1.87 bits per heavy atom. The third-order valence-corrected chi connectivity index (χ3v) is 3.83. The Labute approximate surface area is 141 Å². The summed E-state index contributed by atoms with van der Waals surface area (Å²) in [4.78, 5) is 25.3. The van der Waals surface area contributed by atoms with E-state index in [9.17, 15) is 14.7 Å². The lowest BCUT2D eigenvalue weighted by Gasteiger charge is -2.32. The van der Waals surface area contributed by atoms with Gasteiger partial charge in [-0.05, 0) is 12.1 Å². The molecule has 0 aliphatic carbocycles. The molecule has 0 spiro atoms. The molecule has 1 N–H and O–H groups in total. The number of phenolic OH excluding ortho intramolecular Hbond substituents is 1. The zero-order chi connectivity index (χ0) is 17.1. The van der Waals surface area contributed by atoms with Crippen molar-refractivity contribution in [3.63, 3.8) is 0 Å². The second-order valence-electron chi connectivity index (χ2n) is 4.45. The predicted molar refractivity (Wildman–Crippen MR) is 82.5 cm³/mol. The van der Waals surface area contributed by atoms with Crippen LogP contribution in [0.5, 0.6) is 5.75 Å². The van der Waals surface area contributed by atoms with E-state index >= 15 is 0 Å². The van der Waals surface area contributed by atoms with Crippen LogP contribution in [-0.2, 0) is 23.8 Å². The quantitative estimate of drug-likeness (QED) is 0.824. The number of nitrogens with zero attached hydrogens (tertiary/aromatic N) is 1. The second-order valence-corrected chi connectivity index (χ2v) is 5.23. The Kier molecular flexibility index (Phi) is 5.35. The van der Waals surface area contributed by atoms with E-state index in [1.165, 1.54) is 31.3 Å². The lowest BCUT2D eigenvalue weighted by molar-refractivity contribution is -0.140. The molecular formula is C14H13Cl2NO6. The van der Waals surface area contributed by atoms with Crippen molar-refractivity contribution >= 4 is 40.8 Å². The number of phenols is 1. The molecule has 1 heterocycles. The number of anilines is 1. The molecule has 0 saturated heterocycles. The maximum Gasteiger partial charge on any atom is 0.355 e. The summed E-state index contributed by atoms with van der Waals surface area (Å²) in [7, 11) is 2.35. The number of ether oxygens (including phenoxy) is 3. The monoisotopic (exact) mass is 361 g/mol. The minimum absolute atomic E-state index is 0.0407. The normalized spacial score (nSPS) is 14.7. The van der Waals surface area contributed by atoms with Crippen molar-refractivity contribution in [2.24, 2.45) is 0 Å². The van der Waals surface area contributed by atoms with Crippen LogP contribution in [-0.4, -0.2) is 44.6 Å². The SMILES string of the molecule is COC(=O)C1=C(C(=O)OC)N(c2c(Cl)ccc(O)c2Cl)COC1. The van der Waals surface area contributed by atoms with Gasteiger partial charge >= 0.3 is 11.9 Å². The topological polar surface area (TPSA) is 85.3 Å². The fourth-order valence-electron chi connectivity index (χ4n) is 2.10. The Balaban J connectivity index is 2.68. The average molecular weight is 362 g/mol. The van der Waals surface area contributed by atoms with Crippen LogP contribution in [0, 0.1) is 0 Å². The molecule has 23 heavy (non-hydrogen) atoms. The van der Waals surface area contributed by atoms with Crippen molar-refractivity contribution in [3.8, 4) is 5.75 Å². The molecule has 0 saturated carbocycles. The van der Waals surface area contributed by atoms with Gasteiger partial charge in [-0.25, -0.2) is 9.59 Å². The highest BCUT2D eigenvalue weighted by Crippen LogP contribution is 2.42. The van der Waals surface area contributed by atoms with Gasteiger partial charge in [-0.15, -0.1) is 0 Å². The molecule has 0 amide bonds. The zero-order valence-electron chi connectivity index (χ0n) is 12.3.